The van der Waals surface area contributed by atoms with E-state index < -0.39 is 7.37 Å². The van der Waals surface area contributed by atoms with Crippen molar-refractivity contribution in [2.24, 2.45) is 0 Å². The summed E-state index contributed by atoms with van der Waals surface area (Å²) in [5, 5.41) is 11.3. The zero-order chi connectivity index (χ0) is 18.8. The van der Waals surface area contributed by atoms with Gasteiger partial charge in [-0.2, -0.15) is 0 Å². The molecular formula is C21H27O3P. The highest BCUT2D eigenvalue weighted by Gasteiger charge is 2.28. The maximum atomic E-state index is 13.4. The van der Waals surface area contributed by atoms with Gasteiger partial charge in [-0.3, -0.25) is 4.57 Å². The minimum Gasteiger partial charge on any atom is -0.507 e. The van der Waals surface area contributed by atoms with Crippen LogP contribution in [-0.2, 0) is 20.7 Å². The molecule has 2 aromatic carbocycles. The molecule has 0 aliphatic heterocycles. The normalized spacial score (nSPS) is 14.1. The standard InChI is InChI=1S/C21H27O3P/c1-15(2)18-12-16(13-19(20(18)22)21(3,4)5)14-25(23,24-6)17-10-8-7-9-11-17/h7-13,22H,1,14H2,2-6H3. The minimum atomic E-state index is -3.02. The lowest BCUT2D eigenvalue weighted by molar-refractivity contribution is 0.401. The summed E-state index contributed by atoms with van der Waals surface area (Å²) in [6, 6.07) is 13.1. The Labute approximate surface area is 150 Å². The molecule has 0 saturated carbocycles. The van der Waals surface area contributed by atoms with Gasteiger partial charge in [0.05, 0.1) is 6.16 Å². The average molecular weight is 358 g/mol. The number of benzene rings is 2. The summed E-state index contributed by atoms with van der Waals surface area (Å²) in [4.78, 5) is 0. The molecule has 2 rings (SSSR count). The lowest BCUT2D eigenvalue weighted by atomic mass is 9.83. The second kappa shape index (κ2) is 7.19. The zero-order valence-electron chi connectivity index (χ0n) is 15.7. The predicted molar refractivity (Wildman–Crippen MR) is 106 cm³/mol. The molecule has 0 radical (unpaired) electrons. The van der Waals surface area contributed by atoms with E-state index in [-0.39, 0.29) is 17.3 Å². The molecule has 1 N–H and O–H groups in total. The largest absolute Gasteiger partial charge is 0.507 e. The molecule has 1 atom stereocenters. The number of rotatable bonds is 5. The van der Waals surface area contributed by atoms with Crippen LogP contribution < -0.4 is 5.30 Å². The molecule has 25 heavy (non-hydrogen) atoms. The summed E-state index contributed by atoms with van der Waals surface area (Å²) in [6.45, 7) is 12.0. The van der Waals surface area contributed by atoms with Crippen LogP contribution in [0.5, 0.6) is 5.75 Å². The van der Waals surface area contributed by atoms with Crippen LogP contribution in [0, 0.1) is 0 Å². The van der Waals surface area contributed by atoms with Crippen molar-refractivity contribution in [3.63, 3.8) is 0 Å². The van der Waals surface area contributed by atoms with Crippen LogP contribution in [0.2, 0.25) is 0 Å². The van der Waals surface area contributed by atoms with Gasteiger partial charge in [0, 0.05) is 23.5 Å². The second-order valence-electron chi connectivity index (χ2n) is 7.42. The van der Waals surface area contributed by atoms with Gasteiger partial charge in [0.15, 0.2) is 0 Å². The molecule has 4 heteroatoms. The summed E-state index contributed by atoms with van der Waals surface area (Å²) in [5.74, 6) is 0.246. The molecule has 0 amide bonds. The maximum absolute atomic E-state index is 13.4. The van der Waals surface area contributed by atoms with Gasteiger partial charge in [0.2, 0.25) is 7.37 Å². The summed E-state index contributed by atoms with van der Waals surface area (Å²) in [5.41, 5.74) is 2.91. The Balaban J connectivity index is 2.57. The van der Waals surface area contributed by atoms with Gasteiger partial charge in [-0.05, 0) is 41.7 Å². The first-order valence-corrected chi connectivity index (χ1v) is 10.1. The van der Waals surface area contributed by atoms with Gasteiger partial charge in [-0.25, -0.2) is 0 Å². The fourth-order valence-electron chi connectivity index (χ4n) is 2.84. The zero-order valence-corrected chi connectivity index (χ0v) is 16.6. The van der Waals surface area contributed by atoms with E-state index in [2.05, 4.69) is 6.58 Å². The van der Waals surface area contributed by atoms with Crippen LogP contribution in [0.1, 0.15) is 44.4 Å². The van der Waals surface area contributed by atoms with Crippen LogP contribution in [-0.4, -0.2) is 12.2 Å². The van der Waals surface area contributed by atoms with E-state index in [0.29, 0.717) is 10.9 Å². The Morgan fingerprint density at radius 1 is 1.20 bits per heavy atom. The van der Waals surface area contributed by atoms with E-state index in [1.807, 2.05) is 70.2 Å². The predicted octanol–water partition coefficient (Wildman–Crippen LogP) is 5.47. The molecule has 2 aromatic rings. The maximum Gasteiger partial charge on any atom is 0.236 e. The van der Waals surface area contributed by atoms with E-state index in [1.54, 1.807) is 0 Å². The van der Waals surface area contributed by atoms with Crippen LogP contribution in [0.3, 0.4) is 0 Å². The summed E-state index contributed by atoms with van der Waals surface area (Å²) >= 11 is 0. The van der Waals surface area contributed by atoms with Gasteiger partial charge in [0.25, 0.3) is 0 Å². The van der Waals surface area contributed by atoms with Crippen LogP contribution in [0.25, 0.3) is 5.57 Å². The Bertz CT molecular complexity index is 817. The number of hydrogen-bond acceptors (Lipinski definition) is 3. The fraction of sp³-hybridized carbons (Fsp3) is 0.333. The van der Waals surface area contributed by atoms with Crippen LogP contribution in [0.4, 0.5) is 0 Å². The highest BCUT2D eigenvalue weighted by molar-refractivity contribution is 7.66. The number of hydrogen-bond donors (Lipinski definition) is 1. The van der Waals surface area contributed by atoms with Crippen molar-refractivity contribution in [2.45, 2.75) is 39.3 Å². The van der Waals surface area contributed by atoms with Crippen molar-refractivity contribution in [3.05, 3.63) is 65.7 Å². The van der Waals surface area contributed by atoms with Gasteiger partial charge >= 0.3 is 0 Å². The van der Waals surface area contributed by atoms with Crippen molar-refractivity contribution in [1.82, 2.24) is 0 Å². The van der Waals surface area contributed by atoms with Gasteiger partial charge in [0.1, 0.15) is 5.75 Å². The molecule has 0 heterocycles. The number of phenolic OH excluding ortho intramolecular Hbond substituents is 1. The molecule has 0 aliphatic rings. The van der Waals surface area contributed by atoms with Gasteiger partial charge in [-0.1, -0.05) is 51.6 Å². The van der Waals surface area contributed by atoms with Crippen LogP contribution in [0.15, 0.2) is 49.0 Å². The summed E-state index contributed by atoms with van der Waals surface area (Å²) < 4.78 is 18.8. The molecule has 0 aromatic heterocycles. The summed E-state index contributed by atoms with van der Waals surface area (Å²) in [7, 11) is -1.54. The highest BCUT2D eigenvalue weighted by Crippen LogP contribution is 2.49. The second-order valence-corrected chi connectivity index (χ2v) is 9.96. The lowest BCUT2D eigenvalue weighted by Crippen LogP contribution is -2.14. The molecule has 1 unspecified atom stereocenters. The summed E-state index contributed by atoms with van der Waals surface area (Å²) in [6.07, 6.45) is 0.275. The highest BCUT2D eigenvalue weighted by atomic mass is 31.2. The first kappa shape index (κ1) is 19.5. The first-order chi connectivity index (χ1) is 11.6. The average Bonchev–Trinajstić information content (AvgIpc) is 2.55. The fourth-order valence-corrected chi connectivity index (χ4v) is 4.65. The SMILES string of the molecule is C=C(C)c1cc(CP(=O)(OC)c2ccccc2)cc(C(C)(C)C)c1O. The third-order valence-electron chi connectivity index (χ3n) is 4.27. The molecule has 134 valence electrons. The molecule has 0 fully saturated rings. The van der Waals surface area contributed by atoms with Crippen molar-refractivity contribution in [2.75, 3.05) is 7.11 Å². The molecular weight excluding hydrogens is 331 g/mol. The Kier molecular flexibility index (Phi) is 5.61. The molecule has 0 spiro atoms. The Hall–Kier alpha value is -1.83. The molecule has 0 aliphatic carbocycles. The smallest absolute Gasteiger partial charge is 0.236 e. The Morgan fingerprint density at radius 3 is 2.28 bits per heavy atom. The van der Waals surface area contributed by atoms with E-state index in [9.17, 15) is 9.67 Å². The number of aromatic hydroxyl groups is 1. The van der Waals surface area contributed by atoms with E-state index in [0.717, 1.165) is 16.7 Å². The molecule has 0 bridgehead atoms. The quantitative estimate of drug-likeness (QED) is 0.721. The molecule has 0 saturated heterocycles. The van der Waals surface area contributed by atoms with Crippen molar-refractivity contribution in [3.8, 4) is 5.75 Å². The van der Waals surface area contributed by atoms with Crippen molar-refractivity contribution < 1.29 is 14.2 Å². The van der Waals surface area contributed by atoms with Gasteiger partial charge in [-0.15, -0.1) is 0 Å². The topological polar surface area (TPSA) is 46.5 Å². The monoisotopic (exact) mass is 358 g/mol. The number of allylic oxidation sites excluding steroid dienone is 1. The minimum absolute atomic E-state index is 0.242. The lowest BCUT2D eigenvalue weighted by Gasteiger charge is -2.25. The first-order valence-electron chi connectivity index (χ1n) is 8.31. The third-order valence-corrected chi connectivity index (χ3v) is 6.73. The number of phenols is 1. The van der Waals surface area contributed by atoms with Gasteiger partial charge < -0.3 is 9.63 Å². The molecule has 3 nitrogen and oxygen atoms in total. The van der Waals surface area contributed by atoms with Crippen molar-refractivity contribution in [1.29, 1.82) is 0 Å². The van der Waals surface area contributed by atoms with E-state index in [1.165, 1.54) is 7.11 Å². The third kappa shape index (κ3) is 4.23. The van der Waals surface area contributed by atoms with E-state index >= 15 is 0 Å². The van der Waals surface area contributed by atoms with Crippen LogP contribution >= 0.6 is 7.37 Å². The Morgan fingerprint density at radius 2 is 1.80 bits per heavy atom. The van der Waals surface area contributed by atoms with Crippen molar-refractivity contribution >= 4 is 18.2 Å². The van der Waals surface area contributed by atoms with E-state index in [4.69, 9.17) is 4.52 Å².